The van der Waals surface area contributed by atoms with Gasteiger partial charge in [-0.15, -0.1) is 0 Å². The van der Waals surface area contributed by atoms with Gasteiger partial charge in [0, 0.05) is 28.7 Å². The molecule has 2 amide bonds. The lowest BCUT2D eigenvalue weighted by Gasteiger charge is -2.10. The second kappa shape index (κ2) is 9.14. The van der Waals surface area contributed by atoms with Crippen LogP contribution in [0.3, 0.4) is 0 Å². The van der Waals surface area contributed by atoms with Crippen LogP contribution < -0.4 is 26.6 Å². The molecule has 1 heterocycles. The Kier molecular flexibility index (Phi) is 6.38. The molecule has 0 aliphatic rings. The largest absolute Gasteiger partial charge is 0.457 e. The molecular formula is C19H16ClN5O2S. The topological polar surface area (TPSA) is 101 Å². The minimum absolute atomic E-state index is 0.316. The van der Waals surface area contributed by atoms with Crippen molar-refractivity contribution >= 4 is 46.2 Å². The molecule has 9 heteroatoms. The SMILES string of the molecule is NNC(=S)c1cc(Oc2ccc(NC(=O)Nc3ccc(Cl)cc3)cc2)ccn1. The second-order valence-corrected chi connectivity index (χ2v) is 6.41. The smallest absolute Gasteiger partial charge is 0.323 e. The van der Waals surface area contributed by atoms with Gasteiger partial charge in [-0.2, -0.15) is 0 Å². The van der Waals surface area contributed by atoms with E-state index in [4.69, 9.17) is 34.4 Å². The Morgan fingerprint density at radius 3 is 2.18 bits per heavy atom. The third kappa shape index (κ3) is 5.40. The minimum Gasteiger partial charge on any atom is -0.457 e. The van der Waals surface area contributed by atoms with Crippen molar-refractivity contribution in [3.8, 4) is 11.5 Å². The van der Waals surface area contributed by atoms with Crippen molar-refractivity contribution in [1.82, 2.24) is 10.4 Å². The molecule has 1 aromatic heterocycles. The van der Waals surface area contributed by atoms with Crippen LogP contribution in [0.1, 0.15) is 5.69 Å². The zero-order valence-electron chi connectivity index (χ0n) is 14.5. The van der Waals surface area contributed by atoms with Gasteiger partial charge in [0.25, 0.3) is 0 Å². The van der Waals surface area contributed by atoms with Crippen LogP contribution in [0.25, 0.3) is 0 Å². The Morgan fingerprint density at radius 1 is 0.964 bits per heavy atom. The molecule has 0 bridgehead atoms. The lowest BCUT2D eigenvalue weighted by atomic mass is 10.3. The van der Waals surface area contributed by atoms with Gasteiger partial charge in [-0.05, 0) is 54.6 Å². The van der Waals surface area contributed by atoms with Gasteiger partial charge in [0.15, 0.2) is 0 Å². The average Bonchev–Trinajstić information content (AvgIpc) is 2.71. The molecule has 2 aromatic carbocycles. The molecule has 0 aliphatic heterocycles. The third-order valence-corrected chi connectivity index (χ3v) is 4.12. The number of rotatable bonds is 5. The van der Waals surface area contributed by atoms with Gasteiger partial charge < -0.3 is 20.8 Å². The average molecular weight is 414 g/mol. The molecule has 0 radical (unpaired) electrons. The van der Waals surface area contributed by atoms with Crippen molar-refractivity contribution in [2.45, 2.75) is 0 Å². The maximum Gasteiger partial charge on any atom is 0.323 e. The number of hydrogen-bond acceptors (Lipinski definition) is 5. The molecule has 28 heavy (non-hydrogen) atoms. The Morgan fingerprint density at radius 2 is 1.57 bits per heavy atom. The number of carbonyl (C=O) groups excluding carboxylic acids is 1. The number of carbonyl (C=O) groups is 1. The highest BCUT2D eigenvalue weighted by Gasteiger charge is 2.06. The van der Waals surface area contributed by atoms with E-state index in [1.165, 1.54) is 0 Å². The first-order valence-corrected chi connectivity index (χ1v) is 8.90. The number of aromatic nitrogens is 1. The number of hydrazine groups is 1. The first kappa shape index (κ1) is 19.6. The van der Waals surface area contributed by atoms with E-state index in [2.05, 4.69) is 21.0 Å². The van der Waals surface area contributed by atoms with Gasteiger partial charge in [0.05, 0.1) is 0 Å². The number of pyridine rings is 1. The molecule has 142 valence electrons. The number of anilines is 2. The number of amides is 2. The normalized spacial score (nSPS) is 10.1. The van der Waals surface area contributed by atoms with Crippen LogP contribution in [0.15, 0.2) is 66.9 Å². The molecule has 0 aliphatic carbocycles. The van der Waals surface area contributed by atoms with Gasteiger partial charge >= 0.3 is 6.03 Å². The zero-order valence-corrected chi connectivity index (χ0v) is 16.1. The van der Waals surface area contributed by atoms with E-state index in [0.717, 1.165) is 0 Å². The summed E-state index contributed by atoms with van der Waals surface area (Å²) in [6.07, 6.45) is 1.57. The van der Waals surface area contributed by atoms with E-state index >= 15 is 0 Å². The summed E-state index contributed by atoms with van der Waals surface area (Å²) in [7, 11) is 0. The fourth-order valence-electron chi connectivity index (χ4n) is 2.24. The molecule has 3 rings (SSSR count). The van der Waals surface area contributed by atoms with Gasteiger partial charge in [0.2, 0.25) is 0 Å². The van der Waals surface area contributed by atoms with Crippen molar-refractivity contribution in [2.75, 3.05) is 10.6 Å². The van der Waals surface area contributed by atoms with Crippen molar-refractivity contribution in [1.29, 1.82) is 0 Å². The van der Waals surface area contributed by atoms with E-state index in [0.29, 0.717) is 38.6 Å². The van der Waals surface area contributed by atoms with Gasteiger partial charge in [0.1, 0.15) is 22.2 Å². The lowest BCUT2D eigenvalue weighted by molar-refractivity contribution is 0.262. The fraction of sp³-hybridized carbons (Fsp3) is 0. The summed E-state index contributed by atoms with van der Waals surface area (Å²) >= 11 is 10.9. The Bertz CT molecular complexity index is 980. The number of thiocarbonyl (C=S) groups is 1. The number of nitrogens with zero attached hydrogens (tertiary/aromatic N) is 1. The second-order valence-electron chi connectivity index (χ2n) is 5.56. The quantitative estimate of drug-likeness (QED) is 0.282. The predicted molar refractivity (Wildman–Crippen MR) is 114 cm³/mol. The van der Waals surface area contributed by atoms with Crippen molar-refractivity contribution < 1.29 is 9.53 Å². The molecule has 0 spiro atoms. The number of halogens is 1. The first-order chi connectivity index (χ1) is 13.5. The van der Waals surface area contributed by atoms with Crippen LogP contribution >= 0.6 is 23.8 Å². The number of hydrogen-bond donors (Lipinski definition) is 4. The van der Waals surface area contributed by atoms with Gasteiger partial charge in [-0.25, -0.2) is 10.6 Å². The highest BCUT2D eigenvalue weighted by atomic mass is 35.5. The summed E-state index contributed by atoms with van der Waals surface area (Å²) in [5.41, 5.74) is 4.14. The number of nitrogens with two attached hydrogens (primary N) is 1. The Balaban J connectivity index is 1.59. The molecule has 5 N–H and O–H groups in total. The molecule has 0 saturated carbocycles. The van der Waals surface area contributed by atoms with Gasteiger partial charge in [-0.1, -0.05) is 23.8 Å². The van der Waals surface area contributed by atoms with Crippen LogP contribution in [-0.2, 0) is 0 Å². The van der Waals surface area contributed by atoms with E-state index in [9.17, 15) is 4.79 Å². The molecule has 0 unspecified atom stereocenters. The Labute approximate surface area is 171 Å². The van der Waals surface area contributed by atoms with E-state index in [-0.39, 0.29) is 6.03 Å². The minimum atomic E-state index is -0.363. The van der Waals surface area contributed by atoms with Crippen molar-refractivity contribution in [3.05, 3.63) is 77.6 Å². The monoisotopic (exact) mass is 413 g/mol. The standard InChI is InChI=1S/C19H16ClN5O2S/c20-12-1-3-13(4-2-12)23-19(26)24-14-5-7-15(8-6-14)27-16-9-10-22-17(11-16)18(28)25-21/h1-11H,21H2,(H,25,28)(H2,23,24,26). The fourth-order valence-corrected chi connectivity index (χ4v) is 2.48. The van der Waals surface area contributed by atoms with Crippen molar-refractivity contribution in [3.63, 3.8) is 0 Å². The summed E-state index contributed by atoms with van der Waals surface area (Å²) in [6.45, 7) is 0. The highest BCUT2D eigenvalue weighted by Crippen LogP contribution is 2.23. The van der Waals surface area contributed by atoms with Crippen molar-refractivity contribution in [2.24, 2.45) is 5.84 Å². The first-order valence-electron chi connectivity index (χ1n) is 8.12. The van der Waals surface area contributed by atoms with Crippen LogP contribution in [0.2, 0.25) is 5.02 Å². The van der Waals surface area contributed by atoms with Crippen LogP contribution in [0, 0.1) is 0 Å². The van der Waals surface area contributed by atoms with Gasteiger partial charge in [-0.3, -0.25) is 4.98 Å². The number of nitrogens with one attached hydrogen (secondary N) is 3. The van der Waals surface area contributed by atoms with Crippen LogP contribution in [0.4, 0.5) is 16.2 Å². The van der Waals surface area contributed by atoms with Crippen LogP contribution in [0.5, 0.6) is 11.5 Å². The van der Waals surface area contributed by atoms with E-state index < -0.39 is 0 Å². The number of benzene rings is 2. The molecule has 3 aromatic rings. The number of ether oxygens (including phenoxy) is 1. The lowest BCUT2D eigenvalue weighted by Crippen LogP contribution is -2.29. The zero-order chi connectivity index (χ0) is 19.9. The molecule has 0 fully saturated rings. The summed E-state index contributed by atoms with van der Waals surface area (Å²) in [5, 5.41) is 6.06. The predicted octanol–water partition coefficient (Wildman–Crippen LogP) is 4.31. The van der Waals surface area contributed by atoms with E-state index in [1.54, 1.807) is 66.9 Å². The molecule has 0 saturated heterocycles. The van der Waals surface area contributed by atoms with Crippen LogP contribution in [-0.4, -0.2) is 16.0 Å². The summed E-state index contributed by atoms with van der Waals surface area (Å²) in [6, 6.07) is 16.8. The summed E-state index contributed by atoms with van der Waals surface area (Å²) in [5.74, 6) is 6.45. The summed E-state index contributed by atoms with van der Waals surface area (Å²) in [4.78, 5) is 16.5. The molecule has 7 nitrogen and oxygen atoms in total. The maximum absolute atomic E-state index is 12.1. The Hall–Kier alpha value is -3.20. The maximum atomic E-state index is 12.1. The highest BCUT2D eigenvalue weighted by molar-refractivity contribution is 7.80. The molecular weight excluding hydrogens is 398 g/mol. The van der Waals surface area contributed by atoms with E-state index in [1.807, 2.05) is 0 Å². The third-order valence-electron chi connectivity index (χ3n) is 3.55. The number of urea groups is 1. The molecule has 0 atom stereocenters. The summed E-state index contributed by atoms with van der Waals surface area (Å²) < 4.78 is 5.77.